The van der Waals surface area contributed by atoms with Crippen molar-refractivity contribution in [3.05, 3.63) is 52.8 Å². The molecular formula is C16H21N3OS. The van der Waals surface area contributed by atoms with Crippen LogP contribution in [-0.2, 0) is 5.54 Å². The van der Waals surface area contributed by atoms with Crippen molar-refractivity contribution in [2.75, 3.05) is 12.4 Å². The number of aryl methyl sites for hydroxylation is 2. The lowest BCUT2D eigenvalue weighted by Crippen LogP contribution is -2.43. The molecule has 0 spiro atoms. The molecule has 3 N–H and O–H groups in total. The van der Waals surface area contributed by atoms with Crippen molar-refractivity contribution in [2.45, 2.75) is 31.5 Å². The maximum absolute atomic E-state index is 9.69. The van der Waals surface area contributed by atoms with Crippen LogP contribution in [0.2, 0.25) is 0 Å². The van der Waals surface area contributed by atoms with Gasteiger partial charge in [-0.05, 0) is 31.9 Å². The minimum atomic E-state index is -0.790. The summed E-state index contributed by atoms with van der Waals surface area (Å²) in [7, 11) is 0. The van der Waals surface area contributed by atoms with Crippen LogP contribution < -0.4 is 5.73 Å². The molecule has 1 unspecified atom stereocenters. The predicted molar refractivity (Wildman–Crippen MR) is 86.4 cm³/mol. The Bertz CT molecular complexity index is 595. The fourth-order valence-corrected chi connectivity index (χ4v) is 3.04. The minimum absolute atomic E-state index is 0.117. The number of hydrogen-bond acceptors (Lipinski definition) is 5. The molecule has 1 aromatic carbocycles. The Labute approximate surface area is 129 Å². The molecule has 0 bridgehead atoms. The molecule has 0 fully saturated rings. The third-order valence-corrected chi connectivity index (χ3v) is 4.80. The van der Waals surface area contributed by atoms with Gasteiger partial charge >= 0.3 is 0 Å². The Morgan fingerprint density at radius 2 is 1.67 bits per heavy atom. The molecule has 1 atom stereocenters. The summed E-state index contributed by atoms with van der Waals surface area (Å²) in [6.07, 6.45) is 0. The largest absolute Gasteiger partial charge is 0.394 e. The molecule has 4 nitrogen and oxygen atoms in total. The van der Waals surface area contributed by atoms with Crippen molar-refractivity contribution in [3.8, 4) is 0 Å². The first-order valence-corrected chi connectivity index (χ1v) is 7.85. The van der Waals surface area contributed by atoms with Crippen LogP contribution in [0.15, 0.2) is 35.5 Å². The first-order chi connectivity index (χ1) is 9.96. The summed E-state index contributed by atoms with van der Waals surface area (Å²) in [4.78, 5) is 8.96. The number of benzene rings is 1. The molecule has 5 heteroatoms. The summed E-state index contributed by atoms with van der Waals surface area (Å²) in [6, 6.07) is 9.65. The molecule has 0 amide bonds. The van der Waals surface area contributed by atoms with Gasteiger partial charge < -0.3 is 10.8 Å². The first kappa shape index (κ1) is 15.9. The van der Waals surface area contributed by atoms with Crippen molar-refractivity contribution in [1.29, 1.82) is 0 Å². The standard InChI is InChI=1S/C16H21N3OS/c1-11-12(2)18-15(19-13(11)3)21-10-16(17,9-20)14-7-5-4-6-8-14/h4-8,20H,9-10,17H2,1-3H3. The quantitative estimate of drug-likeness (QED) is 0.655. The van der Waals surface area contributed by atoms with E-state index in [9.17, 15) is 5.11 Å². The van der Waals surface area contributed by atoms with Crippen LogP contribution in [0.5, 0.6) is 0 Å². The molecule has 1 heterocycles. The minimum Gasteiger partial charge on any atom is -0.394 e. The average Bonchev–Trinajstić information content (AvgIpc) is 2.51. The maximum atomic E-state index is 9.69. The third kappa shape index (κ3) is 3.61. The zero-order chi connectivity index (χ0) is 15.5. The van der Waals surface area contributed by atoms with Gasteiger partial charge in [0.15, 0.2) is 5.16 Å². The van der Waals surface area contributed by atoms with Gasteiger partial charge in [-0.25, -0.2) is 9.97 Å². The van der Waals surface area contributed by atoms with E-state index < -0.39 is 5.54 Å². The Balaban J connectivity index is 2.17. The zero-order valence-electron chi connectivity index (χ0n) is 12.6. The fourth-order valence-electron chi connectivity index (χ4n) is 1.99. The van der Waals surface area contributed by atoms with Crippen molar-refractivity contribution >= 4 is 11.8 Å². The van der Waals surface area contributed by atoms with Gasteiger partial charge in [0, 0.05) is 17.1 Å². The number of nitrogens with zero attached hydrogens (tertiary/aromatic N) is 2. The molecule has 112 valence electrons. The van der Waals surface area contributed by atoms with Crippen molar-refractivity contribution in [1.82, 2.24) is 9.97 Å². The van der Waals surface area contributed by atoms with Crippen molar-refractivity contribution in [3.63, 3.8) is 0 Å². The highest BCUT2D eigenvalue weighted by molar-refractivity contribution is 7.99. The Morgan fingerprint density at radius 3 is 2.19 bits per heavy atom. The van der Waals surface area contributed by atoms with E-state index in [0.717, 1.165) is 22.5 Å². The zero-order valence-corrected chi connectivity index (χ0v) is 13.4. The highest BCUT2D eigenvalue weighted by Gasteiger charge is 2.27. The lowest BCUT2D eigenvalue weighted by atomic mass is 9.94. The van der Waals surface area contributed by atoms with Gasteiger partial charge in [0.05, 0.1) is 12.1 Å². The van der Waals surface area contributed by atoms with Gasteiger partial charge in [0.1, 0.15) is 0 Å². The van der Waals surface area contributed by atoms with E-state index in [-0.39, 0.29) is 6.61 Å². The van der Waals surface area contributed by atoms with E-state index in [2.05, 4.69) is 9.97 Å². The third-order valence-electron chi connectivity index (χ3n) is 3.70. The number of aromatic nitrogens is 2. The monoisotopic (exact) mass is 303 g/mol. The molecule has 1 aromatic heterocycles. The van der Waals surface area contributed by atoms with Gasteiger partial charge in [-0.2, -0.15) is 0 Å². The lowest BCUT2D eigenvalue weighted by Gasteiger charge is -2.27. The molecule has 0 radical (unpaired) electrons. The lowest BCUT2D eigenvalue weighted by molar-refractivity contribution is 0.213. The maximum Gasteiger partial charge on any atom is 0.188 e. The van der Waals surface area contributed by atoms with E-state index in [1.54, 1.807) is 0 Å². The van der Waals surface area contributed by atoms with Crippen molar-refractivity contribution in [2.24, 2.45) is 5.73 Å². The number of rotatable bonds is 5. The Kier molecular flexibility index (Phi) is 4.98. The number of aliphatic hydroxyl groups excluding tert-OH is 1. The summed E-state index contributed by atoms with van der Waals surface area (Å²) < 4.78 is 0. The molecule has 0 aliphatic carbocycles. The molecular weight excluding hydrogens is 282 g/mol. The number of nitrogens with two attached hydrogens (primary N) is 1. The predicted octanol–water partition coefficient (Wildman–Crippen LogP) is 2.34. The summed E-state index contributed by atoms with van der Waals surface area (Å²) in [6.45, 7) is 5.86. The second-order valence-corrected chi connectivity index (χ2v) is 6.21. The van der Waals surface area contributed by atoms with E-state index in [1.807, 2.05) is 51.1 Å². The second kappa shape index (κ2) is 6.56. The summed E-state index contributed by atoms with van der Waals surface area (Å²) >= 11 is 1.48. The molecule has 2 aromatic rings. The summed E-state index contributed by atoms with van der Waals surface area (Å²) in [5, 5.41) is 10.4. The number of thioether (sulfide) groups is 1. The molecule has 0 saturated carbocycles. The van der Waals surface area contributed by atoms with E-state index in [4.69, 9.17) is 5.73 Å². The van der Waals surface area contributed by atoms with Crippen LogP contribution in [0.25, 0.3) is 0 Å². The van der Waals surface area contributed by atoms with Crippen LogP contribution in [0.1, 0.15) is 22.5 Å². The van der Waals surface area contributed by atoms with Gasteiger partial charge in [-0.3, -0.25) is 0 Å². The van der Waals surface area contributed by atoms with E-state index in [0.29, 0.717) is 10.9 Å². The molecule has 2 rings (SSSR count). The van der Waals surface area contributed by atoms with Crippen LogP contribution in [0.4, 0.5) is 0 Å². The topological polar surface area (TPSA) is 72.0 Å². The van der Waals surface area contributed by atoms with Crippen molar-refractivity contribution < 1.29 is 5.11 Å². The van der Waals surface area contributed by atoms with Gasteiger partial charge in [0.25, 0.3) is 0 Å². The molecule has 0 aliphatic heterocycles. The van der Waals surface area contributed by atoms with Gasteiger partial charge in [-0.15, -0.1) is 0 Å². The highest BCUT2D eigenvalue weighted by Crippen LogP contribution is 2.26. The number of hydrogen-bond donors (Lipinski definition) is 2. The molecule has 0 saturated heterocycles. The first-order valence-electron chi connectivity index (χ1n) is 6.86. The van der Waals surface area contributed by atoms with Crippen LogP contribution in [0.3, 0.4) is 0 Å². The Hall–Kier alpha value is -1.43. The smallest absolute Gasteiger partial charge is 0.188 e. The highest BCUT2D eigenvalue weighted by atomic mass is 32.2. The number of aliphatic hydroxyl groups is 1. The van der Waals surface area contributed by atoms with Gasteiger partial charge in [-0.1, -0.05) is 42.1 Å². The van der Waals surface area contributed by atoms with Gasteiger partial charge in [0.2, 0.25) is 0 Å². The molecule has 21 heavy (non-hydrogen) atoms. The van der Waals surface area contributed by atoms with Crippen LogP contribution in [-0.4, -0.2) is 27.4 Å². The van der Waals surface area contributed by atoms with Crippen LogP contribution in [0, 0.1) is 20.8 Å². The van der Waals surface area contributed by atoms with E-state index >= 15 is 0 Å². The van der Waals surface area contributed by atoms with E-state index in [1.165, 1.54) is 11.8 Å². The van der Waals surface area contributed by atoms with Crippen LogP contribution >= 0.6 is 11.8 Å². The second-order valence-electron chi connectivity index (χ2n) is 5.27. The fraction of sp³-hybridized carbons (Fsp3) is 0.375. The average molecular weight is 303 g/mol. The SMILES string of the molecule is Cc1nc(SCC(N)(CO)c2ccccc2)nc(C)c1C. The summed E-state index contributed by atoms with van der Waals surface area (Å²) in [5.41, 5.74) is 9.55. The molecule has 0 aliphatic rings. The summed E-state index contributed by atoms with van der Waals surface area (Å²) in [5.74, 6) is 0.523. The Morgan fingerprint density at radius 1 is 1.10 bits per heavy atom. The normalized spacial score (nSPS) is 14.0.